The van der Waals surface area contributed by atoms with Crippen LogP contribution in [0.1, 0.15) is 40.1 Å². The Balaban J connectivity index is 1.79. The minimum atomic E-state index is -4.86. The van der Waals surface area contributed by atoms with E-state index in [1.54, 1.807) is 13.0 Å². The van der Waals surface area contributed by atoms with Gasteiger partial charge in [0, 0.05) is 30.4 Å². The molecule has 0 saturated heterocycles. The van der Waals surface area contributed by atoms with Crippen molar-refractivity contribution >= 4 is 23.4 Å². The molecule has 0 saturated carbocycles. The number of aliphatic hydroxyl groups excluding tert-OH is 1. The van der Waals surface area contributed by atoms with Gasteiger partial charge in [-0.3, -0.25) is 14.6 Å². The summed E-state index contributed by atoms with van der Waals surface area (Å²) in [5, 5.41) is 11.1. The summed E-state index contributed by atoms with van der Waals surface area (Å²) in [6, 6.07) is 4.90. The first-order valence-electron chi connectivity index (χ1n) is 9.31. The van der Waals surface area contributed by atoms with Crippen LogP contribution in [-0.4, -0.2) is 46.3 Å². The lowest BCUT2D eigenvalue weighted by Gasteiger charge is -2.25. The second-order valence-electron chi connectivity index (χ2n) is 6.88. The summed E-state index contributed by atoms with van der Waals surface area (Å²) >= 11 is 5.94. The monoisotopic (exact) mass is 457 g/mol. The molecule has 3 rings (SSSR count). The Morgan fingerprint density at radius 2 is 2.13 bits per heavy atom. The van der Waals surface area contributed by atoms with Crippen LogP contribution >= 0.6 is 11.6 Å². The normalized spacial score (nSPS) is 14.4. The topological polar surface area (TPSA) is 91.8 Å². The molecule has 11 heteroatoms. The maximum atomic E-state index is 12.9. The molecule has 2 amide bonds. The first-order valence-corrected chi connectivity index (χ1v) is 9.69. The molecule has 31 heavy (non-hydrogen) atoms. The smallest absolute Gasteiger partial charge is 0.404 e. The average Bonchev–Trinajstić information content (AvgIpc) is 3.04. The first-order chi connectivity index (χ1) is 14.6. The largest absolute Gasteiger partial charge is 0.573 e. The number of rotatable bonds is 7. The molecule has 0 spiro atoms. The number of amides is 2. The van der Waals surface area contributed by atoms with Crippen molar-refractivity contribution in [3.8, 4) is 5.75 Å². The Morgan fingerprint density at radius 1 is 1.39 bits per heavy atom. The van der Waals surface area contributed by atoms with E-state index in [4.69, 9.17) is 16.7 Å². The fraction of sp³-hybridized carbons (Fsp3) is 0.350. The number of hydrogen-bond acceptors (Lipinski definition) is 5. The van der Waals surface area contributed by atoms with Crippen LogP contribution in [0.4, 0.5) is 13.2 Å². The number of ether oxygens (including phenoxy) is 1. The lowest BCUT2D eigenvalue weighted by Crippen LogP contribution is -2.28. The zero-order chi connectivity index (χ0) is 22.8. The summed E-state index contributed by atoms with van der Waals surface area (Å²) in [7, 11) is 0. The van der Waals surface area contributed by atoms with Gasteiger partial charge in [-0.1, -0.05) is 17.7 Å². The van der Waals surface area contributed by atoms with Crippen LogP contribution in [0.5, 0.6) is 5.75 Å². The summed E-state index contributed by atoms with van der Waals surface area (Å²) in [5.41, 5.74) is 2.00. The fourth-order valence-electron chi connectivity index (χ4n) is 3.35. The number of pyridine rings is 1. The van der Waals surface area contributed by atoms with Crippen molar-refractivity contribution in [1.82, 2.24) is 15.2 Å². The lowest BCUT2D eigenvalue weighted by atomic mass is 10.1. The number of aromatic nitrogens is 1. The van der Waals surface area contributed by atoms with Gasteiger partial charge in [0.25, 0.3) is 5.91 Å². The summed E-state index contributed by atoms with van der Waals surface area (Å²) in [5.74, 6) is -1.14. The number of alkyl halides is 3. The summed E-state index contributed by atoms with van der Waals surface area (Å²) < 4.78 is 41.2. The molecule has 1 unspecified atom stereocenters. The molecule has 0 fully saturated rings. The van der Waals surface area contributed by atoms with Crippen molar-refractivity contribution in [3.63, 3.8) is 0 Å². The van der Waals surface area contributed by atoms with Gasteiger partial charge in [-0.25, -0.2) is 0 Å². The Kier molecular flexibility index (Phi) is 6.71. The van der Waals surface area contributed by atoms with E-state index in [0.717, 1.165) is 6.07 Å². The van der Waals surface area contributed by atoms with E-state index in [9.17, 15) is 22.8 Å². The van der Waals surface area contributed by atoms with Crippen molar-refractivity contribution in [3.05, 3.63) is 57.9 Å². The predicted molar refractivity (Wildman–Crippen MR) is 104 cm³/mol. The van der Waals surface area contributed by atoms with Crippen molar-refractivity contribution in [2.75, 3.05) is 13.2 Å². The molecule has 1 aromatic carbocycles. The Hall–Kier alpha value is -2.85. The fourth-order valence-corrected chi connectivity index (χ4v) is 3.58. The number of fused-ring (bicyclic) bond motifs is 1. The molecular weight excluding hydrogens is 439 g/mol. The maximum absolute atomic E-state index is 12.9. The van der Waals surface area contributed by atoms with Crippen LogP contribution in [0.15, 0.2) is 30.5 Å². The summed E-state index contributed by atoms with van der Waals surface area (Å²) in [6.07, 6.45) is -3.47. The molecule has 0 aliphatic carbocycles. The highest BCUT2D eigenvalue weighted by Crippen LogP contribution is 2.36. The van der Waals surface area contributed by atoms with Gasteiger partial charge in [-0.15, -0.1) is 13.2 Å². The van der Waals surface area contributed by atoms with Gasteiger partial charge in [0.15, 0.2) is 0 Å². The average molecular weight is 458 g/mol. The third-order valence-corrected chi connectivity index (χ3v) is 5.15. The van der Waals surface area contributed by atoms with Crippen LogP contribution in [0.3, 0.4) is 0 Å². The van der Waals surface area contributed by atoms with Crippen molar-refractivity contribution in [1.29, 1.82) is 0 Å². The lowest BCUT2D eigenvalue weighted by molar-refractivity contribution is -0.274. The number of nitrogens with one attached hydrogen (secondary N) is 1. The first kappa shape index (κ1) is 22.8. The van der Waals surface area contributed by atoms with Gasteiger partial charge in [0.2, 0.25) is 5.91 Å². The van der Waals surface area contributed by atoms with E-state index in [2.05, 4.69) is 15.0 Å². The molecule has 0 radical (unpaired) electrons. The number of nitrogens with zero attached hydrogens (tertiary/aromatic N) is 2. The number of benzene rings is 1. The highest BCUT2D eigenvalue weighted by atomic mass is 35.5. The minimum absolute atomic E-state index is 0.0476. The van der Waals surface area contributed by atoms with Crippen molar-refractivity contribution in [2.24, 2.45) is 0 Å². The minimum Gasteiger partial charge on any atom is -0.404 e. The molecule has 2 heterocycles. The highest BCUT2D eigenvalue weighted by Gasteiger charge is 2.35. The molecule has 166 valence electrons. The molecule has 1 aliphatic heterocycles. The zero-order valence-electron chi connectivity index (χ0n) is 16.4. The second-order valence-corrected chi connectivity index (χ2v) is 7.29. The van der Waals surface area contributed by atoms with Crippen LogP contribution in [-0.2, 0) is 17.8 Å². The Labute approximate surface area is 180 Å². The number of hydrogen-bond donors (Lipinski definition) is 2. The van der Waals surface area contributed by atoms with Crippen molar-refractivity contribution in [2.45, 2.75) is 32.3 Å². The van der Waals surface area contributed by atoms with Gasteiger partial charge in [-0.05, 0) is 30.7 Å². The second kappa shape index (κ2) is 9.11. The Morgan fingerprint density at radius 3 is 2.77 bits per heavy atom. The van der Waals surface area contributed by atoms with Gasteiger partial charge < -0.3 is 20.1 Å². The SMILES string of the molecule is CC(c1ccc(OC(F)(F)F)c(Cl)c1)N1Cc2c(ccnc2CC(=O)NCCO)C1=O. The number of carbonyl (C=O) groups is 2. The zero-order valence-corrected chi connectivity index (χ0v) is 17.1. The van der Waals surface area contributed by atoms with Gasteiger partial charge >= 0.3 is 6.36 Å². The molecule has 2 N–H and O–H groups in total. The Bertz CT molecular complexity index is 1000. The van der Waals surface area contributed by atoms with Crippen molar-refractivity contribution < 1.29 is 32.6 Å². The third kappa shape index (κ3) is 5.26. The number of carbonyl (C=O) groups excluding carboxylic acids is 2. The number of aliphatic hydroxyl groups is 1. The van der Waals surface area contributed by atoms with Crippen LogP contribution < -0.4 is 10.1 Å². The van der Waals surface area contributed by atoms with Gasteiger partial charge in [0.1, 0.15) is 5.75 Å². The molecule has 7 nitrogen and oxygen atoms in total. The van der Waals surface area contributed by atoms with E-state index in [1.807, 2.05) is 0 Å². The van der Waals surface area contributed by atoms with E-state index >= 15 is 0 Å². The molecule has 0 bridgehead atoms. The van der Waals surface area contributed by atoms with E-state index in [1.165, 1.54) is 23.2 Å². The van der Waals surface area contributed by atoms with Crippen LogP contribution in [0.25, 0.3) is 0 Å². The predicted octanol–water partition coefficient (Wildman–Crippen LogP) is 3.00. The summed E-state index contributed by atoms with van der Waals surface area (Å²) in [4.78, 5) is 30.6. The molecular formula is C20H19ClF3N3O4. The quantitative estimate of drug-likeness (QED) is 0.667. The van der Waals surface area contributed by atoms with E-state index < -0.39 is 18.2 Å². The van der Waals surface area contributed by atoms with Crippen LogP contribution in [0, 0.1) is 0 Å². The third-order valence-electron chi connectivity index (χ3n) is 4.86. The standard InChI is InChI=1S/C20H19ClF3N3O4/c1-11(12-2-3-17(15(21)8-12)31-20(22,23)24)27-10-14-13(19(27)30)4-5-25-16(14)9-18(29)26-6-7-28/h2-5,8,11,28H,6-7,9-10H2,1H3,(H,26,29). The van der Waals surface area contributed by atoms with E-state index in [-0.39, 0.29) is 43.0 Å². The van der Waals surface area contributed by atoms with Gasteiger partial charge in [-0.2, -0.15) is 0 Å². The highest BCUT2D eigenvalue weighted by molar-refractivity contribution is 6.32. The maximum Gasteiger partial charge on any atom is 0.573 e. The molecule has 1 aromatic heterocycles. The van der Waals surface area contributed by atoms with Crippen LogP contribution in [0.2, 0.25) is 5.02 Å². The van der Waals surface area contributed by atoms with Gasteiger partial charge in [0.05, 0.1) is 29.8 Å². The molecule has 1 atom stereocenters. The van der Waals surface area contributed by atoms with E-state index in [0.29, 0.717) is 22.4 Å². The number of halogens is 4. The summed E-state index contributed by atoms with van der Waals surface area (Å²) in [6.45, 7) is 1.83. The molecule has 2 aromatic rings. The molecule has 1 aliphatic rings.